The number of fused-ring (bicyclic) bond motifs is 2. The standard InChI is InChI=1S/C15H21F2N3O2S/c16-13-5-6-14(18)12(15(13)17)4-3-11-8-19-10-2-1-7-23(21,22)20(11)9-10/h5-6,10-11,19H,1-4,7-9,18H2/t10-,11+/m1/s1. The first-order valence-electron chi connectivity index (χ1n) is 7.84. The molecule has 3 rings (SSSR count). The molecule has 2 heterocycles. The minimum absolute atomic E-state index is 0.124. The van der Waals surface area contributed by atoms with Crippen molar-refractivity contribution in [3.63, 3.8) is 0 Å². The lowest BCUT2D eigenvalue weighted by atomic mass is 10.00. The van der Waals surface area contributed by atoms with Gasteiger partial charge in [-0.15, -0.1) is 0 Å². The molecule has 23 heavy (non-hydrogen) atoms. The molecule has 0 spiro atoms. The quantitative estimate of drug-likeness (QED) is 0.809. The Balaban J connectivity index is 1.77. The maximum Gasteiger partial charge on any atom is 0.214 e. The van der Waals surface area contributed by atoms with Gasteiger partial charge in [-0.25, -0.2) is 17.2 Å². The van der Waals surface area contributed by atoms with Crippen LogP contribution in [0.1, 0.15) is 24.8 Å². The lowest BCUT2D eigenvalue weighted by molar-refractivity contribution is 0.216. The Bertz CT molecular complexity index is 696. The van der Waals surface area contributed by atoms with Gasteiger partial charge in [0.25, 0.3) is 0 Å². The molecule has 0 saturated carbocycles. The predicted molar refractivity (Wildman–Crippen MR) is 84.4 cm³/mol. The molecule has 0 amide bonds. The van der Waals surface area contributed by atoms with Gasteiger partial charge in [0, 0.05) is 36.4 Å². The fourth-order valence-corrected chi connectivity index (χ4v) is 5.22. The van der Waals surface area contributed by atoms with E-state index in [2.05, 4.69) is 5.32 Å². The van der Waals surface area contributed by atoms with Crippen LogP contribution in [0, 0.1) is 11.6 Å². The van der Waals surface area contributed by atoms with Crippen molar-refractivity contribution in [2.75, 3.05) is 24.6 Å². The topological polar surface area (TPSA) is 75.4 Å². The minimum Gasteiger partial charge on any atom is -0.398 e. The van der Waals surface area contributed by atoms with Crippen LogP contribution in [-0.2, 0) is 16.4 Å². The van der Waals surface area contributed by atoms with Crippen molar-refractivity contribution in [3.8, 4) is 0 Å². The summed E-state index contributed by atoms with van der Waals surface area (Å²) < 4.78 is 53.5. The highest BCUT2D eigenvalue weighted by Crippen LogP contribution is 2.26. The number of nitrogens with two attached hydrogens (primary N) is 1. The molecule has 0 aromatic heterocycles. The fraction of sp³-hybridized carbons (Fsp3) is 0.600. The van der Waals surface area contributed by atoms with Crippen LogP contribution in [0.2, 0.25) is 0 Å². The number of nitrogens with zero attached hydrogens (tertiary/aromatic N) is 1. The van der Waals surface area contributed by atoms with Gasteiger partial charge in [0.1, 0.15) is 0 Å². The lowest BCUT2D eigenvalue weighted by Gasteiger charge is -2.37. The van der Waals surface area contributed by atoms with Crippen molar-refractivity contribution in [2.24, 2.45) is 0 Å². The molecule has 2 saturated heterocycles. The molecule has 1 aromatic rings. The van der Waals surface area contributed by atoms with E-state index in [0.29, 0.717) is 25.9 Å². The second-order valence-electron chi connectivity index (χ2n) is 6.25. The van der Waals surface area contributed by atoms with Gasteiger partial charge >= 0.3 is 0 Å². The van der Waals surface area contributed by atoms with Crippen molar-refractivity contribution in [2.45, 2.75) is 37.8 Å². The number of nitrogen functional groups attached to an aromatic ring is 1. The summed E-state index contributed by atoms with van der Waals surface area (Å²) in [5.74, 6) is -1.72. The summed E-state index contributed by atoms with van der Waals surface area (Å²) in [7, 11) is -3.28. The van der Waals surface area contributed by atoms with E-state index in [-0.39, 0.29) is 35.5 Å². The molecule has 5 nitrogen and oxygen atoms in total. The molecule has 128 valence electrons. The average Bonchev–Trinajstić information content (AvgIpc) is 2.62. The average molecular weight is 345 g/mol. The predicted octanol–water partition coefficient (Wildman–Crippen LogP) is 1.25. The Labute approximate surface area is 134 Å². The molecule has 1 aromatic carbocycles. The zero-order valence-electron chi connectivity index (χ0n) is 12.8. The SMILES string of the molecule is Nc1ccc(F)c(F)c1CC[C@H]1CN[C@@H]2CCCS(=O)(=O)N1C2. The van der Waals surface area contributed by atoms with E-state index in [4.69, 9.17) is 5.73 Å². The molecule has 0 aliphatic carbocycles. The normalized spacial score (nSPS) is 29.9. The monoisotopic (exact) mass is 345 g/mol. The van der Waals surface area contributed by atoms with E-state index in [1.807, 2.05) is 0 Å². The second-order valence-corrected chi connectivity index (χ2v) is 8.30. The summed E-state index contributed by atoms with van der Waals surface area (Å²) in [6.45, 7) is 0.981. The number of sulfonamides is 1. The van der Waals surface area contributed by atoms with E-state index in [1.165, 1.54) is 10.4 Å². The largest absolute Gasteiger partial charge is 0.398 e. The van der Waals surface area contributed by atoms with Crippen molar-refractivity contribution < 1.29 is 17.2 Å². The van der Waals surface area contributed by atoms with E-state index >= 15 is 0 Å². The number of halogens is 2. The van der Waals surface area contributed by atoms with Crippen LogP contribution in [0.15, 0.2) is 12.1 Å². The van der Waals surface area contributed by atoms with Crippen LogP contribution in [-0.4, -0.2) is 43.6 Å². The number of piperazine rings is 1. The zero-order chi connectivity index (χ0) is 16.6. The third-order valence-electron chi connectivity index (χ3n) is 4.72. The molecule has 1 unspecified atom stereocenters. The van der Waals surface area contributed by atoms with Gasteiger partial charge in [0.15, 0.2) is 11.6 Å². The third kappa shape index (κ3) is 3.34. The smallest absolute Gasteiger partial charge is 0.214 e. The van der Waals surface area contributed by atoms with Gasteiger partial charge in [0.2, 0.25) is 10.0 Å². The van der Waals surface area contributed by atoms with Crippen LogP contribution < -0.4 is 11.1 Å². The molecule has 2 aliphatic rings. The molecule has 2 aliphatic heterocycles. The van der Waals surface area contributed by atoms with Crippen LogP contribution in [0.3, 0.4) is 0 Å². The van der Waals surface area contributed by atoms with E-state index in [1.54, 1.807) is 0 Å². The van der Waals surface area contributed by atoms with Crippen molar-refractivity contribution in [1.82, 2.24) is 9.62 Å². The van der Waals surface area contributed by atoms with Crippen molar-refractivity contribution in [1.29, 1.82) is 0 Å². The molecular formula is C15H21F2N3O2S. The summed E-state index contributed by atoms with van der Waals surface area (Å²) >= 11 is 0. The Morgan fingerprint density at radius 2 is 2.13 bits per heavy atom. The zero-order valence-corrected chi connectivity index (χ0v) is 13.6. The van der Waals surface area contributed by atoms with Gasteiger partial charge in [-0.3, -0.25) is 0 Å². The van der Waals surface area contributed by atoms with Gasteiger partial charge in [-0.2, -0.15) is 4.31 Å². The fourth-order valence-electron chi connectivity index (χ4n) is 3.42. The summed E-state index contributed by atoms with van der Waals surface area (Å²) in [6, 6.07) is 2.27. The number of hydrogen-bond acceptors (Lipinski definition) is 4. The van der Waals surface area contributed by atoms with Gasteiger partial charge in [-0.05, 0) is 37.8 Å². The first-order valence-corrected chi connectivity index (χ1v) is 9.44. The van der Waals surface area contributed by atoms with E-state index < -0.39 is 21.7 Å². The summed E-state index contributed by atoms with van der Waals surface area (Å²) in [5, 5.41) is 3.35. The van der Waals surface area contributed by atoms with Gasteiger partial charge in [0.05, 0.1) is 5.75 Å². The maximum absolute atomic E-state index is 13.9. The number of nitrogens with one attached hydrogen (secondary N) is 1. The Morgan fingerprint density at radius 1 is 1.35 bits per heavy atom. The van der Waals surface area contributed by atoms with Crippen LogP contribution in [0.25, 0.3) is 0 Å². The highest BCUT2D eigenvalue weighted by atomic mass is 32.2. The molecule has 3 N–H and O–H groups in total. The van der Waals surface area contributed by atoms with Crippen LogP contribution >= 0.6 is 0 Å². The molecular weight excluding hydrogens is 324 g/mol. The van der Waals surface area contributed by atoms with Gasteiger partial charge in [-0.1, -0.05) is 0 Å². The summed E-state index contributed by atoms with van der Waals surface area (Å²) in [6.07, 6.45) is 2.10. The maximum atomic E-state index is 13.9. The highest BCUT2D eigenvalue weighted by Gasteiger charge is 2.37. The van der Waals surface area contributed by atoms with Crippen LogP contribution in [0.5, 0.6) is 0 Å². The molecule has 8 heteroatoms. The Morgan fingerprint density at radius 3 is 2.91 bits per heavy atom. The van der Waals surface area contributed by atoms with Crippen molar-refractivity contribution >= 4 is 15.7 Å². The van der Waals surface area contributed by atoms with Crippen molar-refractivity contribution in [3.05, 3.63) is 29.3 Å². The number of benzene rings is 1. The number of rotatable bonds is 3. The van der Waals surface area contributed by atoms with E-state index in [9.17, 15) is 17.2 Å². The minimum atomic E-state index is -3.28. The van der Waals surface area contributed by atoms with Crippen LogP contribution in [0.4, 0.5) is 14.5 Å². The summed E-state index contributed by atoms with van der Waals surface area (Å²) in [5.41, 5.74) is 6.05. The second kappa shape index (κ2) is 6.33. The lowest BCUT2D eigenvalue weighted by Crippen LogP contribution is -2.57. The number of anilines is 1. The van der Waals surface area contributed by atoms with Gasteiger partial charge < -0.3 is 11.1 Å². The molecule has 0 radical (unpaired) electrons. The molecule has 3 atom stereocenters. The first kappa shape index (κ1) is 16.6. The Kier molecular flexibility index (Phi) is 4.57. The summed E-state index contributed by atoms with van der Waals surface area (Å²) in [4.78, 5) is 0. The van der Waals surface area contributed by atoms with E-state index in [0.717, 1.165) is 12.5 Å². The first-order chi connectivity index (χ1) is 10.9. The number of hydrogen-bond donors (Lipinski definition) is 2. The highest BCUT2D eigenvalue weighted by molar-refractivity contribution is 7.89. The third-order valence-corrected chi connectivity index (χ3v) is 6.69. The molecule has 2 bridgehead atoms. The molecule has 2 fully saturated rings. The Hall–Kier alpha value is -1.25.